The first-order valence-corrected chi connectivity index (χ1v) is 6.20. The van der Waals surface area contributed by atoms with Crippen molar-refractivity contribution in [2.75, 3.05) is 0 Å². The van der Waals surface area contributed by atoms with E-state index in [1.165, 1.54) is 0 Å². The number of aromatic nitrogens is 2. The summed E-state index contributed by atoms with van der Waals surface area (Å²) in [5.41, 5.74) is -0.0705. The van der Waals surface area contributed by atoms with Gasteiger partial charge in [0, 0.05) is 10.3 Å². The van der Waals surface area contributed by atoms with Crippen LogP contribution in [0.3, 0.4) is 0 Å². The first-order valence-electron chi connectivity index (χ1n) is 5.38. The summed E-state index contributed by atoms with van der Waals surface area (Å²) in [6.07, 6.45) is 1.01. The zero-order valence-corrected chi connectivity index (χ0v) is 11.9. The number of carbonyl (C=O) groups excluding carboxylic acids is 1. The number of fused-ring (bicyclic) bond motifs is 1. The monoisotopic (exact) mass is 284 g/mol. The van der Waals surface area contributed by atoms with E-state index in [0.717, 1.165) is 10.1 Å². The molecule has 0 spiro atoms. The number of hydrogen-bond donors (Lipinski definition) is 1. The molecule has 0 aliphatic heterocycles. The average Bonchev–Trinajstić information content (AvgIpc) is 2.65. The van der Waals surface area contributed by atoms with E-state index in [1.807, 2.05) is 0 Å². The van der Waals surface area contributed by atoms with Crippen molar-refractivity contribution in [3.63, 3.8) is 0 Å². The van der Waals surface area contributed by atoms with Crippen LogP contribution in [0.15, 0.2) is 23.2 Å². The number of hydrogen-bond acceptors (Lipinski definition) is 4. The molecule has 1 heterocycles. The second kappa shape index (κ2) is 4.48. The number of ether oxygens (including phenoxy) is 1. The molecule has 0 saturated carbocycles. The Balaban J connectivity index is 2.52. The first-order chi connectivity index (χ1) is 8.29. The van der Waals surface area contributed by atoms with Gasteiger partial charge in [-0.2, -0.15) is 9.78 Å². The van der Waals surface area contributed by atoms with Crippen molar-refractivity contribution < 1.29 is 9.53 Å². The van der Waals surface area contributed by atoms with Gasteiger partial charge in [0.05, 0.1) is 11.2 Å². The molecule has 0 N–H and O–H groups in total. The Morgan fingerprint density at radius 3 is 2.72 bits per heavy atom. The minimum absolute atomic E-state index is 0.388. The van der Waals surface area contributed by atoms with Crippen molar-refractivity contribution in [2.24, 2.45) is 0 Å². The summed E-state index contributed by atoms with van der Waals surface area (Å²) in [5.74, 6) is 0. The third-order valence-corrected chi connectivity index (χ3v) is 3.10. The van der Waals surface area contributed by atoms with Crippen molar-refractivity contribution in [1.29, 1.82) is 0 Å². The number of halogens is 1. The highest BCUT2D eigenvalue weighted by molar-refractivity contribution is 7.80. The quantitative estimate of drug-likeness (QED) is 0.749. The van der Waals surface area contributed by atoms with Gasteiger partial charge in [0.2, 0.25) is 0 Å². The SMILES string of the molecule is CC(C)(C)OC(=O)n1ncc2ccc(S)c(Cl)c21. The molecule has 0 amide bonds. The zero-order chi connectivity index (χ0) is 13.5. The average molecular weight is 285 g/mol. The van der Waals surface area contributed by atoms with Crippen LogP contribution in [-0.2, 0) is 4.74 Å². The van der Waals surface area contributed by atoms with E-state index in [4.69, 9.17) is 16.3 Å². The molecule has 96 valence electrons. The standard InChI is InChI=1S/C12H13ClN2O2S/c1-12(2,3)17-11(16)15-10-7(6-14-15)4-5-8(18)9(10)13/h4-6,18H,1-3H3. The molecule has 0 atom stereocenters. The molecular weight excluding hydrogens is 272 g/mol. The molecule has 0 aliphatic rings. The fourth-order valence-electron chi connectivity index (χ4n) is 1.51. The maximum atomic E-state index is 12.0. The second-order valence-corrected chi connectivity index (χ2v) is 5.73. The lowest BCUT2D eigenvalue weighted by molar-refractivity contribution is 0.0522. The molecule has 0 saturated heterocycles. The van der Waals surface area contributed by atoms with Crippen molar-refractivity contribution in [1.82, 2.24) is 9.78 Å². The maximum Gasteiger partial charge on any atom is 0.435 e. The van der Waals surface area contributed by atoms with Crippen molar-refractivity contribution >= 4 is 41.2 Å². The van der Waals surface area contributed by atoms with Gasteiger partial charge in [0.25, 0.3) is 0 Å². The molecule has 2 aromatic rings. The molecule has 0 bridgehead atoms. The molecule has 4 nitrogen and oxygen atoms in total. The predicted octanol–water partition coefficient (Wildman–Crippen LogP) is 3.76. The first kappa shape index (κ1) is 13.2. The van der Waals surface area contributed by atoms with E-state index < -0.39 is 11.7 Å². The van der Waals surface area contributed by atoms with Crippen LogP contribution in [0.2, 0.25) is 5.02 Å². The van der Waals surface area contributed by atoms with Crippen molar-refractivity contribution in [3.05, 3.63) is 23.4 Å². The van der Waals surface area contributed by atoms with E-state index >= 15 is 0 Å². The summed E-state index contributed by atoms with van der Waals surface area (Å²) in [6, 6.07) is 3.56. The van der Waals surface area contributed by atoms with E-state index in [0.29, 0.717) is 15.4 Å². The Kier molecular flexibility index (Phi) is 3.29. The summed E-state index contributed by atoms with van der Waals surface area (Å²) in [5, 5.41) is 5.16. The number of benzene rings is 1. The van der Waals surface area contributed by atoms with Crippen molar-refractivity contribution in [2.45, 2.75) is 31.3 Å². The maximum absolute atomic E-state index is 12.0. The Morgan fingerprint density at radius 1 is 1.44 bits per heavy atom. The molecule has 1 aromatic carbocycles. The summed E-state index contributed by atoms with van der Waals surface area (Å²) in [4.78, 5) is 12.6. The molecule has 2 rings (SSSR count). The van der Waals surface area contributed by atoms with Crippen LogP contribution >= 0.6 is 24.2 Å². The van der Waals surface area contributed by atoms with Crippen LogP contribution in [0.4, 0.5) is 4.79 Å². The van der Waals surface area contributed by atoms with Gasteiger partial charge in [0.15, 0.2) is 0 Å². The number of rotatable bonds is 0. The van der Waals surface area contributed by atoms with Crippen LogP contribution in [0.25, 0.3) is 10.9 Å². The molecule has 0 radical (unpaired) electrons. The minimum atomic E-state index is -0.583. The van der Waals surface area contributed by atoms with E-state index in [-0.39, 0.29) is 0 Å². The Bertz CT molecular complexity index is 616. The smallest absolute Gasteiger partial charge is 0.435 e. The fraction of sp³-hybridized carbons (Fsp3) is 0.333. The molecule has 0 unspecified atom stereocenters. The van der Waals surface area contributed by atoms with Gasteiger partial charge in [0.1, 0.15) is 11.1 Å². The van der Waals surface area contributed by atoms with Crippen molar-refractivity contribution in [3.8, 4) is 0 Å². The van der Waals surface area contributed by atoms with Gasteiger partial charge in [-0.1, -0.05) is 11.6 Å². The minimum Gasteiger partial charge on any atom is -0.442 e. The van der Waals surface area contributed by atoms with Crippen LogP contribution in [0, 0.1) is 0 Å². The number of nitrogens with zero attached hydrogens (tertiary/aromatic N) is 2. The van der Waals surface area contributed by atoms with Gasteiger partial charge < -0.3 is 4.74 Å². The van der Waals surface area contributed by atoms with Crippen LogP contribution in [0.1, 0.15) is 20.8 Å². The second-order valence-electron chi connectivity index (χ2n) is 4.87. The highest BCUT2D eigenvalue weighted by atomic mass is 35.5. The Morgan fingerprint density at radius 2 is 2.11 bits per heavy atom. The lowest BCUT2D eigenvalue weighted by Gasteiger charge is -2.19. The highest BCUT2D eigenvalue weighted by Gasteiger charge is 2.21. The predicted molar refractivity (Wildman–Crippen MR) is 73.6 cm³/mol. The summed E-state index contributed by atoms with van der Waals surface area (Å²) in [7, 11) is 0. The lowest BCUT2D eigenvalue weighted by Crippen LogP contribution is -2.27. The molecule has 18 heavy (non-hydrogen) atoms. The topological polar surface area (TPSA) is 44.1 Å². The number of thiol groups is 1. The zero-order valence-electron chi connectivity index (χ0n) is 10.3. The van der Waals surface area contributed by atoms with E-state index in [9.17, 15) is 4.79 Å². The Labute approximate surface area is 115 Å². The largest absolute Gasteiger partial charge is 0.442 e. The normalized spacial score (nSPS) is 11.8. The molecule has 0 fully saturated rings. The third-order valence-electron chi connectivity index (χ3n) is 2.22. The molecule has 0 aliphatic carbocycles. The Hall–Kier alpha value is -1.20. The third kappa shape index (κ3) is 2.47. The van der Waals surface area contributed by atoms with Gasteiger partial charge in [-0.15, -0.1) is 12.6 Å². The van der Waals surface area contributed by atoms with E-state index in [1.54, 1.807) is 39.1 Å². The summed E-state index contributed by atoms with van der Waals surface area (Å²) in [6.45, 7) is 5.38. The number of carbonyl (C=O) groups is 1. The van der Waals surface area contributed by atoms with Gasteiger partial charge in [-0.3, -0.25) is 0 Å². The summed E-state index contributed by atoms with van der Waals surface area (Å²) < 4.78 is 6.42. The van der Waals surface area contributed by atoms with Crippen LogP contribution in [0.5, 0.6) is 0 Å². The van der Waals surface area contributed by atoms with Gasteiger partial charge in [-0.25, -0.2) is 4.79 Å². The lowest BCUT2D eigenvalue weighted by atomic mass is 10.2. The van der Waals surface area contributed by atoms with Gasteiger partial charge in [-0.05, 0) is 32.9 Å². The fourth-order valence-corrected chi connectivity index (χ4v) is 1.94. The van der Waals surface area contributed by atoms with Gasteiger partial charge >= 0.3 is 6.09 Å². The van der Waals surface area contributed by atoms with Crippen LogP contribution < -0.4 is 0 Å². The molecular formula is C12H13ClN2O2S. The van der Waals surface area contributed by atoms with Crippen LogP contribution in [-0.4, -0.2) is 21.5 Å². The summed E-state index contributed by atoms with van der Waals surface area (Å²) >= 11 is 10.4. The van der Waals surface area contributed by atoms with E-state index in [2.05, 4.69) is 17.7 Å². The molecule has 1 aromatic heterocycles. The molecule has 6 heteroatoms. The highest BCUT2D eigenvalue weighted by Crippen LogP contribution is 2.29.